The number of furan rings is 1. The van der Waals surface area contributed by atoms with Crippen LogP contribution in [0.1, 0.15) is 16.1 Å². The Morgan fingerprint density at radius 3 is 2.89 bits per heavy atom. The van der Waals surface area contributed by atoms with E-state index in [0.717, 1.165) is 6.08 Å². The lowest BCUT2D eigenvalue weighted by molar-refractivity contribution is -0.124. The van der Waals surface area contributed by atoms with Crippen molar-refractivity contribution in [2.24, 2.45) is 0 Å². The molecule has 1 aliphatic heterocycles. The highest BCUT2D eigenvalue weighted by molar-refractivity contribution is 6.15. The first kappa shape index (κ1) is 11.9. The van der Waals surface area contributed by atoms with Gasteiger partial charge in [-0.2, -0.15) is 0 Å². The summed E-state index contributed by atoms with van der Waals surface area (Å²) in [5.41, 5.74) is 0.450. The van der Waals surface area contributed by atoms with Crippen LogP contribution in [0.3, 0.4) is 0 Å². The molecule has 0 atom stereocenters. The van der Waals surface area contributed by atoms with E-state index in [2.05, 4.69) is 15.4 Å². The molecule has 0 bridgehead atoms. The summed E-state index contributed by atoms with van der Waals surface area (Å²) in [5, 5.41) is 4.83. The molecular formula is C11H10N2O5. The Morgan fingerprint density at radius 2 is 2.28 bits per heavy atom. The molecule has 1 aromatic heterocycles. The van der Waals surface area contributed by atoms with Crippen LogP contribution in [-0.2, 0) is 20.9 Å². The standard InChI is InChI=1S/C11H10N2O5/c1-17-11(16)6-2-7(18-5-6)4-12-8-3-9(14)13-10(8)15/h2-3,5H,4H2,1H3,(H2,12,13,14,15). The number of nitrogens with one attached hydrogen (secondary N) is 2. The molecule has 0 aromatic carbocycles. The first-order valence-corrected chi connectivity index (χ1v) is 5.07. The molecule has 2 amide bonds. The van der Waals surface area contributed by atoms with Gasteiger partial charge in [-0.1, -0.05) is 0 Å². The van der Waals surface area contributed by atoms with Crippen molar-refractivity contribution in [3.05, 3.63) is 35.4 Å². The fourth-order valence-corrected chi connectivity index (χ4v) is 1.42. The van der Waals surface area contributed by atoms with Crippen molar-refractivity contribution in [3.8, 4) is 0 Å². The summed E-state index contributed by atoms with van der Waals surface area (Å²) < 4.78 is 9.62. The van der Waals surface area contributed by atoms with Crippen molar-refractivity contribution in [2.75, 3.05) is 7.11 Å². The molecule has 2 rings (SSSR count). The zero-order chi connectivity index (χ0) is 13.1. The Kier molecular flexibility index (Phi) is 3.13. The molecule has 0 saturated heterocycles. The molecule has 0 aliphatic carbocycles. The number of ether oxygens (including phenoxy) is 1. The zero-order valence-corrected chi connectivity index (χ0v) is 9.48. The van der Waals surface area contributed by atoms with E-state index in [1.165, 1.54) is 19.4 Å². The monoisotopic (exact) mass is 250 g/mol. The number of hydrogen-bond acceptors (Lipinski definition) is 6. The number of carbonyl (C=O) groups is 3. The van der Waals surface area contributed by atoms with E-state index >= 15 is 0 Å². The van der Waals surface area contributed by atoms with E-state index in [-0.39, 0.29) is 17.8 Å². The SMILES string of the molecule is COC(=O)c1coc(CNC2=CC(=O)NC2=O)c1. The van der Waals surface area contributed by atoms with Gasteiger partial charge < -0.3 is 14.5 Å². The molecule has 2 heterocycles. The van der Waals surface area contributed by atoms with Crippen LogP contribution in [0.2, 0.25) is 0 Å². The molecule has 1 aromatic rings. The van der Waals surface area contributed by atoms with Crippen LogP contribution in [0.5, 0.6) is 0 Å². The number of rotatable bonds is 4. The molecular weight excluding hydrogens is 240 g/mol. The van der Waals surface area contributed by atoms with Gasteiger partial charge in [0.25, 0.3) is 11.8 Å². The minimum atomic E-state index is -0.502. The first-order chi connectivity index (χ1) is 8.60. The average molecular weight is 250 g/mol. The van der Waals surface area contributed by atoms with E-state index in [1.54, 1.807) is 0 Å². The third-order valence-corrected chi connectivity index (χ3v) is 2.28. The second-order valence-electron chi connectivity index (χ2n) is 3.52. The molecule has 0 saturated carbocycles. The Balaban J connectivity index is 1.97. The predicted octanol–water partition coefficient (Wildman–Crippen LogP) is -0.304. The minimum absolute atomic E-state index is 0.163. The Hall–Kier alpha value is -2.57. The third kappa shape index (κ3) is 2.40. The van der Waals surface area contributed by atoms with Gasteiger partial charge >= 0.3 is 5.97 Å². The highest BCUT2D eigenvalue weighted by Gasteiger charge is 2.20. The van der Waals surface area contributed by atoms with Gasteiger partial charge in [0.05, 0.1) is 19.2 Å². The molecule has 0 spiro atoms. The Labute approximate surface area is 102 Å². The van der Waals surface area contributed by atoms with Gasteiger partial charge in [0.15, 0.2) is 0 Å². The van der Waals surface area contributed by atoms with Crippen molar-refractivity contribution in [2.45, 2.75) is 6.54 Å². The Morgan fingerprint density at radius 1 is 1.50 bits per heavy atom. The summed E-state index contributed by atoms with van der Waals surface area (Å²) in [5.74, 6) is -1.00. The molecule has 7 heteroatoms. The molecule has 94 valence electrons. The van der Waals surface area contributed by atoms with Gasteiger partial charge in [-0.25, -0.2) is 4.79 Å². The highest BCUT2D eigenvalue weighted by atomic mass is 16.5. The minimum Gasteiger partial charge on any atom is -0.467 e. The van der Waals surface area contributed by atoms with Gasteiger partial charge in [0, 0.05) is 6.08 Å². The number of hydrogen-bond donors (Lipinski definition) is 2. The van der Waals surface area contributed by atoms with Crippen LogP contribution in [0.4, 0.5) is 0 Å². The number of esters is 1. The third-order valence-electron chi connectivity index (χ3n) is 2.28. The van der Waals surface area contributed by atoms with Gasteiger partial charge in [0.1, 0.15) is 17.7 Å². The average Bonchev–Trinajstić information content (AvgIpc) is 2.92. The molecule has 7 nitrogen and oxygen atoms in total. The molecule has 1 aliphatic rings. The molecule has 0 fully saturated rings. The fourth-order valence-electron chi connectivity index (χ4n) is 1.42. The molecule has 2 N–H and O–H groups in total. The summed E-state index contributed by atoms with van der Waals surface area (Å²) in [4.78, 5) is 33.2. The smallest absolute Gasteiger partial charge is 0.341 e. The first-order valence-electron chi connectivity index (χ1n) is 5.07. The van der Waals surface area contributed by atoms with Crippen molar-refractivity contribution in [1.82, 2.24) is 10.6 Å². The van der Waals surface area contributed by atoms with Gasteiger partial charge in [-0.15, -0.1) is 0 Å². The van der Waals surface area contributed by atoms with E-state index in [4.69, 9.17) is 4.42 Å². The molecule has 18 heavy (non-hydrogen) atoms. The van der Waals surface area contributed by atoms with Crippen molar-refractivity contribution >= 4 is 17.8 Å². The number of amides is 2. The van der Waals surface area contributed by atoms with Crippen LogP contribution >= 0.6 is 0 Å². The second-order valence-corrected chi connectivity index (χ2v) is 3.52. The summed E-state index contributed by atoms with van der Waals surface area (Å²) >= 11 is 0. The summed E-state index contributed by atoms with van der Waals surface area (Å²) in [7, 11) is 1.27. The number of methoxy groups -OCH3 is 1. The lowest BCUT2D eigenvalue weighted by atomic mass is 10.3. The quantitative estimate of drug-likeness (QED) is 0.562. The maximum atomic E-state index is 11.2. The van der Waals surface area contributed by atoms with Crippen LogP contribution in [0, 0.1) is 0 Å². The van der Waals surface area contributed by atoms with Gasteiger partial charge in [-0.05, 0) is 6.07 Å². The summed E-state index contributed by atoms with van der Waals surface area (Å²) in [6.07, 6.45) is 2.42. The largest absolute Gasteiger partial charge is 0.467 e. The predicted molar refractivity (Wildman–Crippen MR) is 58.1 cm³/mol. The van der Waals surface area contributed by atoms with Crippen molar-refractivity contribution < 1.29 is 23.5 Å². The number of imide groups is 1. The lowest BCUT2D eigenvalue weighted by Crippen LogP contribution is -2.26. The topological polar surface area (TPSA) is 97.6 Å². The van der Waals surface area contributed by atoms with Crippen LogP contribution < -0.4 is 10.6 Å². The van der Waals surface area contributed by atoms with E-state index in [1.807, 2.05) is 0 Å². The number of carbonyl (C=O) groups excluding carboxylic acids is 3. The maximum Gasteiger partial charge on any atom is 0.341 e. The highest BCUT2D eigenvalue weighted by Crippen LogP contribution is 2.10. The fraction of sp³-hybridized carbons (Fsp3) is 0.182. The molecule has 0 unspecified atom stereocenters. The van der Waals surface area contributed by atoms with Crippen LogP contribution in [0.25, 0.3) is 0 Å². The van der Waals surface area contributed by atoms with E-state index < -0.39 is 17.8 Å². The second kappa shape index (κ2) is 4.74. The van der Waals surface area contributed by atoms with Gasteiger partial charge in [0.2, 0.25) is 0 Å². The summed E-state index contributed by atoms with van der Waals surface area (Å²) in [6, 6.07) is 1.49. The van der Waals surface area contributed by atoms with E-state index in [9.17, 15) is 14.4 Å². The normalized spacial score (nSPS) is 14.2. The van der Waals surface area contributed by atoms with Gasteiger partial charge in [-0.3, -0.25) is 14.9 Å². The molecule has 0 radical (unpaired) electrons. The van der Waals surface area contributed by atoms with Crippen molar-refractivity contribution in [3.63, 3.8) is 0 Å². The Bertz CT molecular complexity index is 543. The van der Waals surface area contributed by atoms with E-state index in [0.29, 0.717) is 5.76 Å². The lowest BCUT2D eigenvalue weighted by Gasteiger charge is -2.01. The van der Waals surface area contributed by atoms with Crippen LogP contribution in [0.15, 0.2) is 28.5 Å². The zero-order valence-electron chi connectivity index (χ0n) is 9.48. The van der Waals surface area contributed by atoms with Crippen LogP contribution in [-0.4, -0.2) is 24.9 Å². The maximum absolute atomic E-state index is 11.2. The summed E-state index contributed by atoms with van der Waals surface area (Å²) in [6.45, 7) is 0.184. The van der Waals surface area contributed by atoms with Crippen molar-refractivity contribution in [1.29, 1.82) is 0 Å².